The second-order valence-electron chi connectivity index (χ2n) is 6.25. The molecule has 1 aliphatic rings. The fourth-order valence-electron chi connectivity index (χ4n) is 2.98. The number of carbonyl (C=O) groups excluding carboxylic acids is 1. The van der Waals surface area contributed by atoms with Crippen LogP contribution in [0, 0.1) is 0 Å². The van der Waals surface area contributed by atoms with Crippen LogP contribution in [0.25, 0.3) is 0 Å². The third-order valence-electron chi connectivity index (χ3n) is 4.47. The highest BCUT2D eigenvalue weighted by atomic mass is 32.2. The summed E-state index contributed by atoms with van der Waals surface area (Å²) in [5.41, 5.74) is 6.10. The molecule has 8 nitrogen and oxygen atoms in total. The Balaban J connectivity index is 1.73. The van der Waals surface area contributed by atoms with E-state index in [0.29, 0.717) is 25.1 Å². The van der Waals surface area contributed by atoms with E-state index in [9.17, 15) is 13.2 Å². The van der Waals surface area contributed by atoms with Gasteiger partial charge in [0.15, 0.2) is 0 Å². The molecule has 26 heavy (non-hydrogen) atoms. The molecule has 1 fully saturated rings. The van der Waals surface area contributed by atoms with Gasteiger partial charge in [0.1, 0.15) is 5.82 Å². The van der Waals surface area contributed by atoms with Crippen molar-refractivity contribution in [2.75, 3.05) is 13.1 Å². The van der Waals surface area contributed by atoms with E-state index in [1.54, 1.807) is 18.3 Å². The van der Waals surface area contributed by atoms with E-state index in [1.165, 1.54) is 16.4 Å². The molecular weight excluding hydrogens is 354 g/mol. The molecule has 2 aromatic rings. The SMILES string of the molecule is CCn1ccnc1CNC(=O)c1cccc(S(=O)(=O)N2CC[C@H](N)C2)c1. The van der Waals surface area contributed by atoms with Crippen molar-refractivity contribution < 1.29 is 13.2 Å². The van der Waals surface area contributed by atoms with Crippen LogP contribution in [-0.4, -0.2) is 47.3 Å². The number of nitrogens with two attached hydrogens (primary N) is 1. The van der Waals surface area contributed by atoms with Gasteiger partial charge >= 0.3 is 0 Å². The molecule has 0 unspecified atom stereocenters. The van der Waals surface area contributed by atoms with Crippen LogP contribution in [0.1, 0.15) is 29.5 Å². The zero-order valence-electron chi connectivity index (χ0n) is 14.6. The van der Waals surface area contributed by atoms with Gasteiger partial charge in [-0.05, 0) is 31.5 Å². The summed E-state index contributed by atoms with van der Waals surface area (Å²) in [7, 11) is -3.64. The van der Waals surface area contributed by atoms with Crippen molar-refractivity contribution in [1.82, 2.24) is 19.2 Å². The van der Waals surface area contributed by atoms with Gasteiger partial charge in [0.2, 0.25) is 10.0 Å². The molecule has 2 heterocycles. The standard InChI is InChI=1S/C17H23N5O3S/c1-2-21-9-7-19-16(21)11-20-17(23)13-4-3-5-15(10-13)26(24,25)22-8-6-14(18)12-22/h3-5,7,9-10,14H,2,6,8,11-12,18H2,1H3,(H,20,23)/t14-/m0/s1. The van der Waals surface area contributed by atoms with Crippen LogP contribution in [0.5, 0.6) is 0 Å². The van der Waals surface area contributed by atoms with Crippen molar-refractivity contribution in [3.05, 3.63) is 48.0 Å². The molecule has 0 spiro atoms. The number of benzene rings is 1. The Hall–Kier alpha value is -2.23. The topological polar surface area (TPSA) is 110 Å². The molecule has 3 rings (SSSR count). The van der Waals surface area contributed by atoms with Crippen LogP contribution in [-0.2, 0) is 23.1 Å². The maximum atomic E-state index is 12.7. The molecule has 1 saturated heterocycles. The van der Waals surface area contributed by atoms with E-state index in [1.807, 2.05) is 17.7 Å². The third-order valence-corrected chi connectivity index (χ3v) is 6.33. The van der Waals surface area contributed by atoms with Gasteiger partial charge in [-0.3, -0.25) is 4.79 Å². The first-order valence-electron chi connectivity index (χ1n) is 8.56. The third kappa shape index (κ3) is 3.79. The number of amides is 1. The van der Waals surface area contributed by atoms with Gasteiger partial charge in [0.05, 0.1) is 11.4 Å². The molecule has 1 amide bonds. The van der Waals surface area contributed by atoms with Crippen LogP contribution in [0.3, 0.4) is 0 Å². The van der Waals surface area contributed by atoms with E-state index in [-0.39, 0.29) is 23.4 Å². The first kappa shape index (κ1) is 18.6. The number of hydrogen-bond donors (Lipinski definition) is 2. The Kier molecular flexibility index (Phi) is 5.40. The smallest absolute Gasteiger partial charge is 0.251 e. The van der Waals surface area contributed by atoms with Gasteiger partial charge in [0.25, 0.3) is 5.91 Å². The second-order valence-corrected chi connectivity index (χ2v) is 8.19. The highest BCUT2D eigenvalue weighted by Gasteiger charge is 2.31. The normalized spacial score (nSPS) is 18.2. The van der Waals surface area contributed by atoms with Crippen molar-refractivity contribution in [3.63, 3.8) is 0 Å². The number of aromatic nitrogens is 2. The summed E-state index contributed by atoms with van der Waals surface area (Å²) in [4.78, 5) is 16.7. The molecule has 1 aliphatic heterocycles. The van der Waals surface area contributed by atoms with Crippen LogP contribution in [0.4, 0.5) is 0 Å². The highest BCUT2D eigenvalue weighted by molar-refractivity contribution is 7.89. The van der Waals surface area contributed by atoms with Gasteiger partial charge in [-0.15, -0.1) is 0 Å². The van der Waals surface area contributed by atoms with E-state index >= 15 is 0 Å². The average molecular weight is 377 g/mol. The summed E-state index contributed by atoms with van der Waals surface area (Å²) >= 11 is 0. The minimum Gasteiger partial charge on any atom is -0.345 e. The molecule has 1 atom stereocenters. The fraction of sp³-hybridized carbons (Fsp3) is 0.412. The Labute approximate surface area is 153 Å². The van der Waals surface area contributed by atoms with Gasteiger partial charge < -0.3 is 15.6 Å². The summed E-state index contributed by atoms with van der Waals surface area (Å²) in [6.45, 7) is 3.73. The van der Waals surface area contributed by atoms with Crippen molar-refractivity contribution >= 4 is 15.9 Å². The van der Waals surface area contributed by atoms with E-state index < -0.39 is 10.0 Å². The Bertz CT molecular complexity index is 893. The van der Waals surface area contributed by atoms with E-state index in [4.69, 9.17) is 5.73 Å². The van der Waals surface area contributed by atoms with E-state index in [2.05, 4.69) is 10.3 Å². The van der Waals surface area contributed by atoms with E-state index in [0.717, 1.165) is 12.4 Å². The first-order chi connectivity index (χ1) is 12.4. The summed E-state index contributed by atoms with van der Waals surface area (Å²) in [5.74, 6) is 0.404. The fourth-order valence-corrected chi connectivity index (χ4v) is 4.53. The second kappa shape index (κ2) is 7.56. The van der Waals surface area contributed by atoms with Crippen molar-refractivity contribution in [2.24, 2.45) is 5.73 Å². The zero-order chi connectivity index (χ0) is 18.7. The van der Waals surface area contributed by atoms with Crippen LogP contribution in [0.15, 0.2) is 41.6 Å². The summed E-state index contributed by atoms with van der Waals surface area (Å²) in [6, 6.07) is 5.93. The summed E-state index contributed by atoms with van der Waals surface area (Å²) < 4.78 is 28.7. The lowest BCUT2D eigenvalue weighted by atomic mass is 10.2. The van der Waals surface area contributed by atoms with Crippen LogP contribution >= 0.6 is 0 Å². The maximum absolute atomic E-state index is 12.7. The number of sulfonamides is 1. The largest absolute Gasteiger partial charge is 0.345 e. The average Bonchev–Trinajstić information content (AvgIpc) is 3.28. The number of imidazole rings is 1. The molecule has 0 bridgehead atoms. The number of aryl methyl sites for hydroxylation is 1. The Morgan fingerprint density at radius 3 is 2.92 bits per heavy atom. The van der Waals surface area contributed by atoms with Gasteiger partial charge in [-0.1, -0.05) is 6.07 Å². The summed E-state index contributed by atoms with van der Waals surface area (Å²) in [6.07, 6.45) is 4.16. The monoisotopic (exact) mass is 377 g/mol. The Morgan fingerprint density at radius 1 is 1.42 bits per heavy atom. The molecule has 0 radical (unpaired) electrons. The quantitative estimate of drug-likeness (QED) is 0.764. The number of nitrogens with one attached hydrogen (secondary N) is 1. The molecular formula is C17H23N5O3S. The van der Waals surface area contributed by atoms with Gasteiger partial charge in [-0.25, -0.2) is 13.4 Å². The lowest BCUT2D eigenvalue weighted by Gasteiger charge is -2.16. The lowest BCUT2D eigenvalue weighted by Crippen LogP contribution is -2.32. The number of carbonyl (C=O) groups is 1. The number of nitrogens with zero attached hydrogens (tertiary/aromatic N) is 3. The van der Waals surface area contributed by atoms with Gasteiger partial charge in [-0.2, -0.15) is 4.31 Å². The van der Waals surface area contributed by atoms with Gasteiger partial charge in [0, 0.05) is 43.6 Å². The summed E-state index contributed by atoms with van der Waals surface area (Å²) in [5, 5.41) is 2.78. The predicted molar refractivity (Wildman–Crippen MR) is 96.9 cm³/mol. The molecule has 9 heteroatoms. The lowest BCUT2D eigenvalue weighted by molar-refractivity contribution is 0.0949. The molecule has 0 saturated carbocycles. The van der Waals surface area contributed by atoms with Crippen LogP contribution in [0.2, 0.25) is 0 Å². The molecule has 3 N–H and O–H groups in total. The first-order valence-corrected chi connectivity index (χ1v) is 10.00. The Morgan fingerprint density at radius 2 is 2.23 bits per heavy atom. The molecule has 1 aromatic carbocycles. The minimum absolute atomic E-state index is 0.106. The minimum atomic E-state index is -3.64. The highest BCUT2D eigenvalue weighted by Crippen LogP contribution is 2.21. The maximum Gasteiger partial charge on any atom is 0.251 e. The molecule has 0 aliphatic carbocycles. The van der Waals surface area contributed by atoms with Crippen molar-refractivity contribution in [2.45, 2.75) is 37.4 Å². The number of hydrogen-bond acceptors (Lipinski definition) is 5. The number of rotatable bonds is 6. The molecule has 140 valence electrons. The van der Waals surface area contributed by atoms with Crippen molar-refractivity contribution in [3.8, 4) is 0 Å². The zero-order valence-corrected chi connectivity index (χ0v) is 15.4. The van der Waals surface area contributed by atoms with Crippen LogP contribution < -0.4 is 11.1 Å². The predicted octanol–water partition coefficient (Wildman–Crippen LogP) is 0.555. The molecule has 1 aromatic heterocycles. The van der Waals surface area contributed by atoms with Crippen molar-refractivity contribution in [1.29, 1.82) is 0 Å².